The summed E-state index contributed by atoms with van der Waals surface area (Å²) in [6.07, 6.45) is 4.91. The van der Waals surface area contributed by atoms with Crippen molar-refractivity contribution in [3.8, 4) is 5.75 Å². The fourth-order valence-corrected chi connectivity index (χ4v) is 4.43. The van der Waals surface area contributed by atoms with Gasteiger partial charge in [-0.25, -0.2) is 0 Å². The van der Waals surface area contributed by atoms with Gasteiger partial charge in [0.15, 0.2) is 5.96 Å². The predicted octanol–water partition coefficient (Wildman–Crippen LogP) is 3.57. The smallest absolute Gasteiger partial charge is 0.191 e. The Morgan fingerprint density at radius 2 is 1.90 bits per heavy atom. The standard InChI is InChI=1S/C23H39N5O.HI/c1-4-13-27-14-10-19(11-15-27)17-25-23(24-5-2)26-20-12-16-28(18-20)21-8-6-7-9-22(21)29-3;/h6-9,19-20H,4-5,10-18H2,1-3H3,(H2,24,25,26);1H. The van der Waals surface area contributed by atoms with Gasteiger partial charge >= 0.3 is 0 Å². The molecule has 2 saturated heterocycles. The molecule has 30 heavy (non-hydrogen) atoms. The number of benzene rings is 1. The van der Waals surface area contributed by atoms with Crippen LogP contribution in [-0.4, -0.2) is 69.8 Å². The molecule has 0 bridgehead atoms. The van der Waals surface area contributed by atoms with Gasteiger partial charge in [0.25, 0.3) is 0 Å². The highest BCUT2D eigenvalue weighted by Crippen LogP contribution is 2.30. The largest absolute Gasteiger partial charge is 0.495 e. The van der Waals surface area contributed by atoms with Crippen molar-refractivity contribution in [1.82, 2.24) is 15.5 Å². The van der Waals surface area contributed by atoms with Crippen LogP contribution in [0.2, 0.25) is 0 Å². The van der Waals surface area contributed by atoms with Gasteiger partial charge in [-0.05, 0) is 70.3 Å². The first-order valence-corrected chi connectivity index (χ1v) is 11.4. The zero-order chi connectivity index (χ0) is 20.5. The molecule has 7 heteroatoms. The van der Waals surface area contributed by atoms with Gasteiger partial charge in [0.2, 0.25) is 0 Å². The van der Waals surface area contributed by atoms with Gasteiger partial charge in [-0.1, -0.05) is 19.1 Å². The van der Waals surface area contributed by atoms with E-state index >= 15 is 0 Å². The Morgan fingerprint density at radius 1 is 1.13 bits per heavy atom. The zero-order valence-corrected chi connectivity index (χ0v) is 21.2. The van der Waals surface area contributed by atoms with Crippen LogP contribution in [0.3, 0.4) is 0 Å². The lowest BCUT2D eigenvalue weighted by Gasteiger charge is -2.31. The molecule has 0 aromatic heterocycles. The molecule has 0 amide bonds. The third-order valence-electron chi connectivity index (χ3n) is 6.05. The second kappa shape index (κ2) is 13.2. The monoisotopic (exact) mass is 529 g/mol. The summed E-state index contributed by atoms with van der Waals surface area (Å²) in [5.74, 6) is 2.63. The highest BCUT2D eigenvalue weighted by Gasteiger charge is 2.25. The van der Waals surface area contributed by atoms with Crippen LogP contribution >= 0.6 is 24.0 Å². The van der Waals surface area contributed by atoms with E-state index in [1.165, 1.54) is 44.6 Å². The number of likely N-dealkylation sites (tertiary alicyclic amines) is 1. The Balaban J connectivity index is 0.00000320. The number of ether oxygens (including phenoxy) is 1. The number of hydrogen-bond donors (Lipinski definition) is 2. The van der Waals surface area contributed by atoms with Crippen molar-refractivity contribution in [2.24, 2.45) is 10.9 Å². The molecular formula is C23H40IN5O. The summed E-state index contributed by atoms with van der Waals surface area (Å²) in [7, 11) is 1.74. The van der Waals surface area contributed by atoms with E-state index in [4.69, 9.17) is 9.73 Å². The summed E-state index contributed by atoms with van der Waals surface area (Å²) >= 11 is 0. The van der Waals surface area contributed by atoms with Crippen molar-refractivity contribution in [3.05, 3.63) is 24.3 Å². The molecule has 170 valence electrons. The number of aliphatic imine (C=N–C) groups is 1. The first-order chi connectivity index (χ1) is 14.2. The lowest BCUT2D eigenvalue weighted by molar-refractivity contribution is 0.188. The van der Waals surface area contributed by atoms with E-state index in [2.05, 4.69) is 46.4 Å². The minimum absolute atomic E-state index is 0. The van der Waals surface area contributed by atoms with Gasteiger partial charge in [-0.15, -0.1) is 24.0 Å². The number of nitrogens with one attached hydrogen (secondary N) is 2. The molecule has 1 unspecified atom stereocenters. The summed E-state index contributed by atoms with van der Waals surface area (Å²) in [5.41, 5.74) is 1.18. The van der Waals surface area contributed by atoms with Gasteiger partial charge in [0.1, 0.15) is 5.75 Å². The summed E-state index contributed by atoms with van der Waals surface area (Å²) < 4.78 is 5.54. The second-order valence-corrected chi connectivity index (χ2v) is 8.25. The van der Waals surface area contributed by atoms with E-state index in [1.807, 2.05) is 12.1 Å². The summed E-state index contributed by atoms with van der Waals surface area (Å²) in [6.45, 7) is 11.9. The first kappa shape index (κ1) is 25.0. The molecule has 0 aliphatic carbocycles. The highest BCUT2D eigenvalue weighted by molar-refractivity contribution is 14.0. The average Bonchev–Trinajstić information content (AvgIpc) is 3.21. The number of anilines is 1. The molecule has 2 aliphatic rings. The van der Waals surface area contributed by atoms with E-state index in [1.54, 1.807) is 7.11 Å². The van der Waals surface area contributed by atoms with E-state index in [-0.39, 0.29) is 24.0 Å². The Labute approximate surface area is 199 Å². The Kier molecular flexibility index (Phi) is 11.1. The highest BCUT2D eigenvalue weighted by atomic mass is 127. The van der Waals surface area contributed by atoms with Crippen LogP contribution in [-0.2, 0) is 0 Å². The van der Waals surface area contributed by atoms with Crippen LogP contribution < -0.4 is 20.3 Å². The fourth-order valence-electron chi connectivity index (χ4n) is 4.43. The molecule has 6 nitrogen and oxygen atoms in total. The van der Waals surface area contributed by atoms with E-state index in [9.17, 15) is 0 Å². The van der Waals surface area contributed by atoms with Crippen molar-refractivity contribution in [2.75, 3.05) is 57.8 Å². The number of nitrogens with zero attached hydrogens (tertiary/aromatic N) is 3. The maximum Gasteiger partial charge on any atom is 0.191 e. The van der Waals surface area contributed by atoms with Crippen LogP contribution in [0, 0.1) is 5.92 Å². The zero-order valence-electron chi connectivity index (χ0n) is 18.9. The third-order valence-corrected chi connectivity index (χ3v) is 6.05. The van der Waals surface area contributed by atoms with Crippen molar-refractivity contribution >= 4 is 35.6 Å². The minimum Gasteiger partial charge on any atom is -0.495 e. The summed E-state index contributed by atoms with van der Waals surface area (Å²) in [4.78, 5) is 9.93. The van der Waals surface area contributed by atoms with Gasteiger partial charge in [-0.2, -0.15) is 0 Å². The van der Waals surface area contributed by atoms with Gasteiger partial charge in [-0.3, -0.25) is 4.99 Å². The van der Waals surface area contributed by atoms with Crippen LogP contribution in [0.1, 0.15) is 39.5 Å². The fraction of sp³-hybridized carbons (Fsp3) is 0.696. The second-order valence-electron chi connectivity index (χ2n) is 8.25. The van der Waals surface area contributed by atoms with Crippen molar-refractivity contribution in [2.45, 2.75) is 45.6 Å². The average molecular weight is 530 g/mol. The van der Waals surface area contributed by atoms with Crippen molar-refractivity contribution in [3.63, 3.8) is 0 Å². The van der Waals surface area contributed by atoms with Gasteiger partial charge in [0, 0.05) is 32.2 Å². The first-order valence-electron chi connectivity index (χ1n) is 11.4. The maximum atomic E-state index is 5.54. The Bertz CT molecular complexity index is 648. The molecule has 1 aromatic carbocycles. The lowest BCUT2D eigenvalue weighted by Crippen LogP contribution is -2.45. The quantitative estimate of drug-likeness (QED) is 0.307. The summed E-state index contributed by atoms with van der Waals surface area (Å²) in [6, 6.07) is 8.69. The van der Waals surface area contributed by atoms with Gasteiger partial charge in [0.05, 0.1) is 12.8 Å². The number of hydrogen-bond acceptors (Lipinski definition) is 4. The lowest BCUT2D eigenvalue weighted by atomic mass is 9.97. The number of para-hydroxylation sites is 2. The topological polar surface area (TPSA) is 52.1 Å². The van der Waals surface area contributed by atoms with E-state index < -0.39 is 0 Å². The molecule has 0 saturated carbocycles. The van der Waals surface area contributed by atoms with E-state index in [0.717, 1.165) is 44.3 Å². The minimum atomic E-state index is 0. The molecule has 1 atom stereocenters. The normalized spacial score (nSPS) is 20.7. The molecule has 0 radical (unpaired) electrons. The number of guanidine groups is 1. The number of rotatable bonds is 8. The molecular weight excluding hydrogens is 489 g/mol. The molecule has 2 aliphatic heterocycles. The molecule has 1 aromatic rings. The predicted molar refractivity (Wildman–Crippen MR) is 138 cm³/mol. The SMILES string of the molecule is CCCN1CCC(CN=C(NCC)NC2CCN(c3ccccc3OC)C2)CC1.I. The molecule has 0 spiro atoms. The van der Waals surface area contributed by atoms with Crippen LogP contribution in [0.5, 0.6) is 5.75 Å². The summed E-state index contributed by atoms with van der Waals surface area (Å²) in [5, 5.41) is 7.11. The molecule has 2 heterocycles. The Morgan fingerprint density at radius 3 is 2.60 bits per heavy atom. The Hall–Kier alpha value is -1.22. The van der Waals surface area contributed by atoms with Crippen LogP contribution in [0.4, 0.5) is 5.69 Å². The molecule has 2 fully saturated rings. The number of piperidine rings is 1. The van der Waals surface area contributed by atoms with Crippen molar-refractivity contribution < 1.29 is 4.74 Å². The number of halogens is 1. The molecule has 3 rings (SSSR count). The van der Waals surface area contributed by atoms with E-state index in [0.29, 0.717) is 12.0 Å². The van der Waals surface area contributed by atoms with Gasteiger partial charge < -0.3 is 25.2 Å². The number of methoxy groups -OCH3 is 1. The molecule has 2 N–H and O–H groups in total. The third kappa shape index (κ3) is 7.18. The van der Waals surface area contributed by atoms with Crippen LogP contribution in [0.15, 0.2) is 29.3 Å². The van der Waals surface area contributed by atoms with Crippen LogP contribution in [0.25, 0.3) is 0 Å². The van der Waals surface area contributed by atoms with Crippen molar-refractivity contribution in [1.29, 1.82) is 0 Å². The maximum absolute atomic E-state index is 5.54.